The lowest BCUT2D eigenvalue weighted by atomic mass is 10.2. The average molecular weight is 314 g/mol. The third-order valence-electron chi connectivity index (χ3n) is 2.32. The first-order valence-electron chi connectivity index (χ1n) is 5.92. The summed E-state index contributed by atoms with van der Waals surface area (Å²) in [5.74, 6) is -0.948. The largest absolute Gasteiger partial charge is 0.481 e. The number of nitro groups is 1. The van der Waals surface area contributed by atoms with E-state index >= 15 is 0 Å². The summed E-state index contributed by atoms with van der Waals surface area (Å²) in [7, 11) is 0. The number of hydrogen-bond acceptors (Lipinski definition) is 6. The number of carbonyl (C=O) groups excluding carboxylic acids is 1. The van der Waals surface area contributed by atoms with Crippen molar-refractivity contribution in [1.82, 2.24) is 4.72 Å². The van der Waals surface area contributed by atoms with E-state index in [0.717, 1.165) is 11.9 Å². The molecule has 0 radical (unpaired) electrons. The summed E-state index contributed by atoms with van der Waals surface area (Å²) in [4.78, 5) is 31.8. The van der Waals surface area contributed by atoms with Crippen molar-refractivity contribution in [3.63, 3.8) is 0 Å². The summed E-state index contributed by atoms with van der Waals surface area (Å²) in [6, 6.07) is 5.62. The zero-order valence-corrected chi connectivity index (χ0v) is 12.0. The number of non-ortho nitro benzene ring substituents is 1. The van der Waals surface area contributed by atoms with E-state index in [4.69, 9.17) is 9.84 Å². The van der Waals surface area contributed by atoms with E-state index in [1.807, 2.05) is 0 Å². The Bertz CT molecular complexity index is 519. The number of ether oxygens (including phenoxy) is 1. The molecule has 0 aliphatic carbocycles. The van der Waals surface area contributed by atoms with Crippen LogP contribution in [0.15, 0.2) is 24.3 Å². The molecule has 0 aliphatic rings. The zero-order valence-electron chi connectivity index (χ0n) is 11.1. The number of carboxylic acids is 1. The van der Waals surface area contributed by atoms with E-state index in [0.29, 0.717) is 5.56 Å². The lowest BCUT2D eigenvalue weighted by Gasteiger charge is -2.09. The van der Waals surface area contributed by atoms with Crippen molar-refractivity contribution in [2.75, 3.05) is 0 Å². The number of nitrogens with one attached hydrogen (secondary N) is 1. The van der Waals surface area contributed by atoms with Crippen LogP contribution in [-0.2, 0) is 16.1 Å². The molecule has 114 valence electrons. The zero-order chi connectivity index (χ0) is 15.8. The molecule has 0 saturated heterocycles. The van der Waals surface area contributed by atoms with Crippen LogP contribution in [0.4, 0.5) is 10.5 Å². The van der Waals surface area contributed by atoms with Crippen LogP contribution < -0.4 is 4.72 Å². The van der Waals surface area contributed by atoms with Gasteiger partial charge in [0.2, 0.25) is 0 Å². The lowest BCUT2D eigenvalue weighted by Crippen LogP contribution is -2.21. The van der Waals surface area contributed by atoms with Gasteiger partial charge >= 0.3 is 12.1 Å². The predicted octanol–water partition coefficient (Wildman–Crippen LogP) is 2.33. The highest BCUT2D eigenvalue weighted by Gasteiger charge is 2.11. The van der Waals surface area contributed by atoms with E-state index in [1.54, 1.807) is 6.92 Å². The van der Waals surface area contributed by atoms with Gasteiger partial charge in [-0.2, -0.15) is 0 Å². The molecule has 9 heteroatoms. The summed E-state index contributed by atoms with van der Waals surface area (Å²) in [6.45, 7) is 1.63. The molecule has 1 atom stereocenters. The van der Waals surface area contributed by atoms with Gasteiger partial charge in [0.1, 0.15) is 6.61 Å². The highest BCUT2D eigenvalue weighted by atomic mass is 32.2. The smallest absolute Gasteiger partial charge is 0.417 e. The van der Waals surface area contributed by atoms with Crippen LogP contribution in [-0.4, -0.2) is 27.3 Å². The molecule has 21 heavy (non-hydrogen) atoms. The Morgan fingerprint density at radius 2 is 2.05 bits per heavy atom. The van der Waals surface area contributed by atoms with Gasteiger partial charge in [-0.25, -0.2) is 4.79 Å². The number of nitrogens with zero attached hydrogens (tertiary/aromatic N) is 1. The van der Waals surface area contributed by atoms with Gasteiger partial charge in [-0.05, 0) is 29.6 Å². The molecule has 8 nitrogen and oxygen atoms in total. The molecule has 1 aromatic rings. The fourth-order valence-corrected chi connectivity index (χ4v) is 1.91. The van der Waals surface area contributed by atoms with Crippen molar-refractivity contribution in [2.24, 2.45) is 0 Å². The molecule has 1 amide bonds. The topological polar surface area (TPSA) is 119 Å². The van der Waals surface area contributed by atoms with Gasteiger partial charge in [-0.1, -0.05) is 6.92 Å². The Kier molecular flexibility index (Phi) is 6.47. The van der Waals surface area contributed by atoms with Crippen molar-refractivity contribution in [3.8, 4) is 0 Å². The minimum Gasteiger partial charge on any atom is -0.481 e. The highest BCUT2D eigenvalue weighted by Crippen LogP contribution is 2.13. The van der Waals surface area contributed by atoms with Crippen molar-refractivity contribution in [3.05, 3.63) is 39.9 Å². The second-order valence-electron chi connectivity index (χ2n) is 4.13. The van der Waals surface area contributed by atoms with E-state index in [1.165, 1.54) is 24.3 Å². The number of carbonyl (C=O) groups is 2. The number of carboxylic acid groups (broad SMARTS) is 1. The molecule has 1 rings (SSSR count). The van der Waals surface area contributed by atoms with Crippen molar-refractivity contribution >= 4 is 29.7 Å². The fraction of sp³-hybridized carbons (Fsp3) is 0.333. The maximum absolute atomic E-state index is 11.4. The molecule has 0 spiro atoms. The second kappa shape index (κ2) is 8.10. The number of benzene rings is 1. The third kappa shape index (κ3) is 6.61. The van der Waals surface area contributed by atoms with Gasteiger partial charge in [0, 0.05) is 17.4 Å². The molecule has 0 bridgehead atoms. The minimum absolute atomic E-state index is 0.0301. The van der Waals surface area contributed by atoms with Gasteiger partial charge in [-0.15, -0.1) is 0 Å². The molecule has 2 N–H and O–H groups in total. The maximum Gasteiger partial charge on any atom is 0.417 e. The normalized spacial score (nSPS) is 11.5. The van der Waals surface area contributed by atoms with E-state index in [2.05, 4.69) is 4.72 Å². The van der Waals surface area contributed by atoms with Crippen LogP contribution in [0.1, 0.15) is 18.9 Å². The number of hydrogen-bond donors (Lipinski definition) is 2. The van der Waals surface area contributed by atoms with Crippen LogP contribution in [0.25, 0.3) is 0 Å². The monoisotopic (exact) mass is 314 g/mol. The van der Waals surface area contributed by atoms with E-state index in [9.17, 15) is 19.7 Å². The number of rotatable bonds is 7. The Morgan fingerprint density at radius 3 is 2.57 bits per heavy atom. The van der Waals surface area contributed by atoms with Gasteiger partial charge in [-0.3, -0.25) is 19.6 Å². The summed E-state index contributed by atoms with van der Waals surface area (Å²) >= 11 is 0.960. The predicted molar refractivity (Wildman–Crippen MR) is 75.7 cm³/mol. The molecule has 0 fully saturated rings. The molecular formula is C12H14N2O6S. The first kappa shape index (κ1) is 16.8. The highest BCUT2D eigenvalue weighted by molar-refractivity contribution is 7.98. The molecule has 0 heterocycles. The Balaban J connectivity index is 2.32. The average Bonchev–Trinajstić information content (AvgIpc) is 2.42. The number of aliphatic carboxylic acids is 1. The van der Waals surface area contributed by atoms with Crippen LogP contribution in [0.5, 0.6) is 0 Å². The van der Waals surface area contributed by atoms with Gasteiger partial charge in [0.15, 0.2) is 0 Å². The third-order valence-corrected chi connectivity index (χ3v) is 3.18. The van der Waals surface area contributed by atoms with E-state index in [-0.39, 0.29) is 24.0 Å². The molecule has 0 aliphatic heterocycles. The summed E-state index contributed by atoms with van der Waals surface area (Å²) in [6.07, 6.45) is -0.775. The Hall–Kier alpha value is -2.29. The molecule has 1 unspecified atom stereocenters. The van der Waals surface area contributed by atoms with Crippen molar-refractivity contribution < 1.29 is 24.4 Å². The SMILES string of the molecule is CC(CC(=O)O)SNC(=O)OCc1ccc([N+](=O)[O-])cc1. The first-order chi connectivity index (χ1) is 9.88. The Labute approximate surface area is 124 Å². The van der Waals surface area contributed by atoms with Crippen LogP contribution in [0.3, 0.4) is 0 Å². The summed E-state index contributed by atoms with van der Waals surface area (Å²) < 4.78 is 7.27. The van der Waals surface area contributed by atoms with E-state index < -0.39 is 17.0 Å². The molecular weight excluding hydrogens is 300 g/mol. The van der Waals surface area contributed by atoms with Gasteiger partial charge in [0.25, 0.3) is 5.69 Å². The molecule has 1 aromatic carbocycles. The summed E-state index contributed by atoms with van der Waals surface area (Å²) in [5, 5.41) is 18.7. The van der Waals surface area contributed by atoms with Crippen molar-refractivity contribution in [1.29, 1.82) is 0 Å². The summed E-state index contributed by atoms with van der Waals surface area (Å²) in [5.41, 5.74) is 0.570. The van der Waals surface area contributed by atoms with Gasteiger partial charge in [0.05, 0.1) is 11.3 Å². The van der Waals surface area contributed by atoms with Crippen LogP contribution in [0.2, 0.25) is 0 Å². The quantitative estimate of drug-likeness (QED) is 0.450. The molecule has 0 aromatic heterocycles. The van der Waals surface area contributed by atoms with Gasteiger partial charge < -0.3 is 9.84 Å². The lowest BCUT2D eigenvalue weighted by molar-refractivity contribution is -0.384. The van der Waals surface area contributed by atoms with Crippen LogP contribution >= 0.6 is 11.9 Å². The maximum atomic E-state index is 11.4. The first-order valence-corrected chi connectivity index (χ1v) is 6.80. The number of amides is 1. The standard InChI is InChI=1S/C12H14N2O6S/c1-8(6-11(15)16)21-13-12(17)20-7-9-2-4-10(5-3-9)14(18)19/h2-5,8H,6-7H2,1H3,(H,13,17)(H,15,16). The minimum atomic E-state index is -0.948. The Morgan fingerprint density at radius 1 is 1.43 bits per heavy atom. The second-order valence-corrected chi connectivity index (χ2v) is 5.37. The van der Waals surface area contributed by atoms with Crippen LogP contribution in [0, 0.1) is 10.1 Å². The number of nitro benzene ring substituents is 1. The fourth-order valence-electron chi connectivity index (χ4n) is 1.33. The molecule has 0 saturated carbocycles. The van der Waals surface area contributed by atoms with Crippen molar-refractivity contribution in [2.45, 2.75) is 25.2 Å².